The van der Waals surface area contributed by atoms with Gasteiger partial charge in [0.15, 0.2) is 0 Å². The van der Waals surface area contributed by atoms with Crippen LogP contribution in [0.3, 0.4) is 0 Å². The van der Waals surface area contributed by atoms with Crippen molar-refractivity contribution < 1.29 is 9.53 Å². The first-order chi connectivity index (χ1) is 16.3. The van der Waals surface area contributed by atoms with Crippen LogP contribution in [-0.4, -0.2) is 15.7 Å². The maximum Gasteiger partial charge on any atom is 0.255 e. The summed E-state index contributed by atoms with van der Waals surface area (Å²) in [6.45, 7) is 9.68. The van der Waals surface area contributed by atoms with Crippen molar-refractivity contribution in [2.24, 2.45) is 0 Å². The fourth-order valence-corrected chi connectivity index (χ4v) is 3.74. The van der Waals surface area contributed by atoms with Crippen molar-refractivity contribution in [2.75, 3.05) is 5.32 Å². The zero-order valence-corrected chi connectivity index (χ0v) is 20.2. The quantitative estimate of drug-likeness (QED) is 0.354. The summed E-state index contributed by atoms with van der Waals surface area (Å²) in [5.41, 5.74) is 5.93. The molecule has 0 aliphatic heterocycles. The Kier molecular flexibility index (Phi) is 6.82. The Bertz CT molecular complexity index is 1270. The molecule has 5 heteroatoms. The summed E-state index contributed by atoms with van der Waals surface area (Å²) in [5, 5.41) is 7.31. The molecule has 0 atom stereocenters. The number of carbonyl (C=O) groups is 1. The smallest absolute Gasteiger partial charge is 0.255 e. The van der Waals surface area contributed by atoms with Crippen LogP contribution in [0, 0.1) is 6.92 Å². The summed E-state index contributed by atoms with van der Waals surface area (Å²) in [4.78, 5) is 12.8. The van der Waals surface area contributed by atoms with Crippen LogP contribution < -0.4 is 10.1 Å². The average Bonchev–Trinajstić information content (AvgIpc) is 3.24. The Morgan fingerprint density at radius 2 is 1.71 bits per heavy atom. The number of hydrogen-bond donors (Lipinski definition) is 1. The summed E-state index contributed by atoms with van der Waals surface area (Å²) in [6, 6.07) is 24.0. The maximum absolute atomic E-state index is 12.8. The van der Waals surface area contributed by atoms with Crippen LogP contribution in [0.1, 0.15) is 53.4 Å². The van der Waals surface area contributed by atoms with Gasteiger partial charge in [0.25, 0.3) is 5.91 Å². The van der Waals surface area contributed by atoms with Crippen molar-refractivity contribution in [3.05, 3.63) is 113 Å². The van der Waals surface area contributed by atoms with Gasteiger partial charge in [-0.15, -0.1) is 0 Å². The summed E-state index contributed by atoms with van der Waals surface area (Å²) < 4.78 is 7.76. The lowest BCUT2D eigenvalue weighted by Gasteiger charge is -2.19. The average molecular weight is 454 g/mol. The van der Waals surface area contributed by atoms with Crippen LogP contribution in [0.2, 0.25) is 0 Å². The Hall–Kier alpha value is -3.86. The Morgan fingerprint density at radius 3 is 2.44 bits per heavy atom. The fraction of sp³-hybridized carbons (Fsp3) is 0.241. The van der Waals surface area contributed by atoms with Crippen molar-refractivity contribution in [1.82, 2.24) is 9.78 Å². The number of anilines is 1. The van der Waals surface area contributed by atoms with E-state index in [0.717, 1.165) is 11.3 Å². The molecule has 174 valence electrons. The van der Waals surface area contributed by atoms with Crippen LogP contribution in [0.5, 0.6) is 5.75 Å². The lowest BCUT2D eigenvalue weighted by molar-refractivity contribution is 0.102. The molecular weight excluding hydrogens is 422 g/mol. The van der Waals surface area contributed by atoms with Gasteiger partial charge < -0.3 is 10.1 Å². The molecule has 0 aliphatic rings. The number of nitrogens with zero attached hydrogens (tertiary/aromatic N) is 2. The van der Waals surface area contributed by atoms with Gasteiger partial charge in [0.05, 0.1) is 18.4 Å². The predicted octanol–water partition coefficient (Wildman–Crippen LogP) is 6.37. The molecule has 5 nitrogen and oxygen atoms in total. The Balaban J connectivity index is 1.35. The van der Waals surface area contributed by atoms with Gasteiger partial charge in [-0.3, -0.25) is 9.48 Å². The highest BCUT2D eigenvalue weighted by atomic mass is 16.5. The van der Waals surface area contributed by atoms with Gasteiger partial charge >= 0.3 is 0 Å². The van der Waals surface area contributed by atoms with E-state index in [1.807, 2.05) is 47.3 Å². The Labute approximate surface area is 201 Å². The highest BCUT2D eigenvalue weighted by Gasteiger charge is 2.13. The van der Waals surface area contributed by atoms with E-state index in [0.29, 0.717) is 24.4 Å². The summed E-state index contributed by atoms with van der Waals surface area (Å²) >= 11 is 0. The largest absolute Gasteiger partial charge is 0.489 e. The van der Waals surface area contributed by atoms with Gasteiger partial charge in [-0.05, 0) is 53.3 Å². The zero-order chi connectivity index (χ0) is 24.1. The number of aryl methyl sites for hydroxylation is 1. The third-order valence-electron chi connectivity index (χ3n) is 5.63. The summed E-state index contributed by atoms with van der Waals surface area (Å²) in [6.07, 6.45) is 3.51. The molecule has 0 radical (unpaired) electrons. The lowest BCUT2D eigenvalue weighted by Crippen LogP contribution is -2.12. The first kappa shape index (κ1) is 23.3. The molecule has 1 N–H and O–H groups in total. The number of carbonyl (C=O) groups excluding carboxylic acids is 1. The second-order valence-electron chi connectivity index (χ2n) is 9.63. The van der Waals surface area contributed by atoms with E-state index in [4.69, 9.17) is 4.74 Å². The van der Waals surface area contributed by atoms with Crippen LogP contribution in [0.15, 0.2) is 85.2 Å². The minimum atomic E-state index is -0.175. The monoisotopic (exact) mass is 453 g/mol. The molecule has 3 aromatic carbocycles. The van der Waals surface area contributed by atoms with E-state index in [9.17, 15) is 4.79 Å². The van der Waals surface area contributed by atoms with Gasteiger partial charge in [-0.25, -0.2) is 0 Å². The molecule has 1 heterocycles. The van der Waals surface area contributed by atoms with Gasteiger partial charge in [-0.2, -0.15) is 5.10 Å². The van der Waals surface area contributed by atoms with Crippen molar-refractivity contribution in [3.63, 3.8) is 0 Å². The van der Waals surface area contributed by atoms with Gasteiger partial charge in [0.1, 0.15) is 12.4 Å². The number of amides is 1. The number of benzene rings is 3. The third-order valence-corrected chi connectivity index (χ3v) is 5.63. The number of aromatic nitrogens is 2. The molecule has 4 aromatic rings. The number of rotatable bonds is 7. The molecule has 1 aromatic heterocycles. The second kappa shape index (κ2) is 9.96. The molecule has 0 aliphatic carbocycles. The number of hydrogen-bond acceptors (Lipinski definition) is 3. The van der Waals surface area contributed by atoms with E-state index in [1.165, 1.54) is 16.7 Å². The molecule has 0 unspecified atom stereocenters. The fourth-order valence-electron chi connectivity index (χ4n) is 3.74. The minimum Gasteiger partial charge on any atom is -0.489 e. The van der Waals surface area contributed by atoms with E-state index < -0.39 is 0 Å². The molecule has 34 heavy (non-hydrogen) atoms. The third kappa shape index (κ3) is 6.13. The van der Waals surface area contributed by atoms with Gasteiger partial charge in [0.2, 0.25) is 0 Å². The van der Waals surface area contributed by atoms with Crippen LogP contribution >= 0.6 is 0 Å². The van der Waals surface area contributed by atoms with E-state index in [-0.39, 0.29) is 11.3 Å². The standard InChI is InChI=1S/C29H31N3O2/c1-21-7-5-8-22(15-21)18-32-19-26(17-30-32)31-28(33)24-10-6-9-23(16-24)20-34-27-13-11-25(12-14-27)29(2,3)4/h5-17,19H,18,20H2,1-4H3,(H,31,33). The van der Waals surface area contributed by atoms with Crippen molar-refractivity contribution >= 4 is 11.6 Å². The minimum absolute atomic E-state index is 0.108. The lowest BCUT2D eigenvalue weighted by atomic mass is 9.87. The number of ether oxygens (including phenoxy) is 1. The van der Waals surface area contributed by atoms with E-state index in [1.54, 1.807) is 12.3 Å². The van der Waals surface area contributed by atoms with E-state index >= 15 is 0 Å². The van der Waals surface area contributed by atoms with Gasteiger partial charge in [0, 0.05) is 11.8 Å². The van der Waals surface area contributed by atoms with Crippen LogP contribution in [0.4, 0.5) is 5.69 Å². The predicted molar refractivity (Wildman–Crippen MR) is 136 cm³/mol. The van der Waals surface area contributed by atoms with Crippen LogP contribution in [0.25, 0.3) is 0 Å². The van der Waals surface area contributed by atoms with Crippen molar-refractivity contribution in [3.8, 4) is 5.75 Å². The van der Waals surface area contributed by atoms with Gasteiger partial charge in [-0.1, -0.05) is 74.9 Å². The molecular formula is C29H31N3O2. The molecule has 0 bridgehead atoms. The van der Waals surface area contributed by atoms with Crippen molar-refractivity contribution in [1.29, 1.82) is 0 Å². The second-order valence-corrected chi connectivity index (χ2v) is 9.63. The molecule has 0 saturated carbocycles. The molecule has 0 spiro atoms. The topological polar surface area (TPSA) is 56.2 Å². The summed E-state index contributed by atoms with van der Waals surface area (Å²) in [7, 11) is 0. The maximum atomic E-state index is 12.8. The van der Waals surface area contributed by atoms with E-state index in [2.05, 4.69) is 68.4 Å². The molecule has 0 saturated heterocycles. The molecule has 0 fully saturated rings. The highest BCUT2D eigenvalue weighted by molar-refractivity contribution is 6.04. The molecule has 1 amide bonds. The van der Waals surface area contributed by atoms with Crippen LogP contribution in [-0.2, 0) is 18.6 Å². The Morgan fingerprint density at radius 1 is 0.971 bits per heavy atom. The summed E-state index contributed by atoms with van der Waals surface area (Å²) in [5.74, 6) is 0.635. The SMILES string of the molecule is Cc1cccc(Cn2cc(NC(=O)c3cccc(COc4ccc(C(C)(C)C)cc4)c3)cn2)c1. The zero-order valence-electron chi connectivity index (χ0n) is 20.2. The first-order valence-corrected chi connectivity index (χ1v) is 11.5. The highest BCUT2D eigenvalue weighted by Crippen LogP contribution is 2.24. The molecule has 4 rings (SSSR count). The first-order valence-electron chi connectivity index (χ1n) is 11.5. The van der Waals surface area contributed by atoms with Crippen molar-refractivity contribution in [2.45, 2.75) is 46.3 Å². The number of nitrogens with one attached hydrogen (secondary N) is 1. The normalized spacial score (nSPS) is 11.3.